The van der Waals surface area contributed by atoms with Crippen molar-refractivity contribution in [3.8, 4) is 0 Å². The lowest BCUT2D eigenvalue weighted by Crippen LogP contribution is -2.14. The fourth-order valence-corrected chi connectivity index (χ4v) is 1.60. The highest BCUT2D eigenvalue weighted by Gasteiger charge is 2.35. The largest absolute Gasteiger partial charge is 0.418 e. The van der Waals surface area contributed by atoms with E-state index in [-0.39, 0.29) is 11.5 Å². The number of aromatic nitrogens is 3. The molecule has 0 fully saturated rings. The maximum absolute atomic E-state index is 12.6. The van der Waals surface area contributed by atoms with Gasteiger partial charge in [-0.2, -0.15) is 13.2 Å². The Labute approximate surface area is 87.7 Å². The van der Waals surface area contributed by atoms with Crippen LogP contribution < -0.4 is 5.56 Å². The van der Waals surface area contributed by atoms with Crippen molar-refractivity contribution in [2.24, 2.45) is 7.05 Å². The van der Waals surface area contributed by atoms with Gasteiger partial charge in [0, 0.05) is 13.2 Å². The van der Waals surface area contributed by atoms with E-state index in [9.17, 15) is 18.0 Å². The van der Waals surface area contributed by atoms with Crippen LogP contribution in [0.5, 0.6) is 0 Å². The maximum atomic E-state index is 12.6. The average molecular weight is 231 g/mol. The van der Waals surface area contributed by atoms with E-state index in [1.54, 1.807) is 0 Å². The van der Waals surface area contributed by atoms with Crippen molar-refractivity contribution in [2.75, 3.05) is 0 Å². The summed E-state index contributed by atoms with van der Waals surface area (Å²) in [6, 6.07) is 0. The van der Waals surface area contributed by atoms with Crippen molar-refractivity contribution < 1.29 is 13.2 Å². The summed E-state index contributed by atoms with van der Waals surface area (Å²) >= 11 is 0. The molecule has 0 aromatic carbocycles. The lowest BCUT2D eigenvalue weighted by atomic mass is 10.2. The minimum atomic E-state index is -4.55. The van der Waals surface area contributed by atoms with E-state index >= 15 is 0 Å². The van der Waals surface area contributed by atoms with Crippen molar-refractivity contribution >= 4 is 11.0 Å². The van der Waals surface area contributed by atoms with Crippen molar-refractivity contribution in [2.45, 2.75) is 13.1 Å². The summed E-state index contributed by atoms with van der Waals surface area (Å²) in [6.07, 6.45) is -3.68. The van der Waals surface area contributed by atoms with Crippen LogP contribution in [-0.4, -0.2) is 14.5 Å². The molecular formula is C9H8F3N3O. The Bertz CT molecular complexity index is 609. The van der Waals surface area contributed by atoms with Crippen LogP contribution in [0.4, 0.5) is 13.2 Å². The summed E-state index contributed by atoms with van der Waals surface area (Å²) in [7, 11) is 1.42. The molecule has 2 aromatic heterocycles. The van der Waals surface area contributed by atoms with Gasteiger partial charge >= 0.3 is 6.18 Å². The predicted octanol–water partition coefficient (Wildman–Crippen LogP) is 1.59. The Hall–Kier alpha value is -1.79. The lowest BCUT2D eigenvalue weighted by molar-refractivity contribution is -0.136. The van der Waals surface area contributed by atoms with Gasteiger partial charge in [0.2, 0.25) is 0 Å². The van der Waals surface area contributed by atoms with Crippen LogP contribution in [0.2, 0.25) is 0 Å². The van der Waals surface area contributed by atoms with Crippen molar-refractivity contribution in [1.29, 1.82) is 0 Å². The van der Waals surface area contributed by atoms with Crippen LogP contribution in [0, 0.1) is 6.92 Å². The Morgan fingerprint density at radius 3 is 2.62 bits per heavy atom. The van der Waals surface area contributed by atoms with Gasteiger partial charge < -0.3 is 9.55 Å². The molecule has 86 valence electrons. The molecule has 1 N–H and O–H groups in total. The van der Waals surface area contributed by atoms with Gasteiger partial charge in [-0.25, -0.2) is 4.98 Å². The number of nitrogens with one attached hydrogen (secondary N) is 1. The number of alkyl halides is 3. The van der Waals surface area contributed by atoms with Gasteiger partial charge in [0.15, 0.2) is 0 Å². The van der Waals surface area contributed by atoms with E-state index in [2.05, 4.69) is 9.97 Å². The zero-order chi connectivity index (χ0) is 12.1. The Morgan fingerprint density at radius 2 is 2.06 bits per heavy atom. The quantitative estimate of drug-likeness (QED) is 0.748. The second kappa shape index (κ2) is 3.10. The third kappa shape index (κ3) is 1.48. The first-order valence-electron chi connectivity index (χ1n) is 4.44. The first-order chi connectivity index (χ1) is 7.30. The molecule has 7 heteroatoms. The van der Waals surface area contributed by atoms with Crippen LogP contribution in [0.3, 0.4) is 0 Å². The second-order valence-electron chi connectivity index (χ2n) is 3.50. The summed E-state index contributed by atoms with van der Waals surface area (Å²) in [4.78, 5) is 17.6. The summed E-state index contributed by atoms with van der Waals surface area (Å²) < 4.78 is 39.0. The first kappa shape index (κ1) is 10.7. The average Bonchev–Trinajstić information content (AvgIpc) is 2.43. The fourth-order valence-electron chi connectivity index (χ4n) is 1.60. The van der Waals surface area contributed by atoms with E-state index in [1.807, 2.05) is 0 Å². The fraction of sp³-hybridized carbons (Fsp3) is 0.333. The number of fused-ring (bicyclic) bond motifs is 1. The number of rotatable bonds is 0. The van der Waals surface area contributed by atoms with Crippen LogP contribution in [0.15, 0.2) is 11.0 Å². The lowest BCUT2D eigenvalue weighted by Gasteiger charge is -2.02. The normalized spacial score (nSPS) is 12.3. The maximum Gasteiger partial charge on any atom is 0.418 e. The van der Waals surface area contributed by atoms with Crippen LogP contribution in [0.25, 0.3) is 11.0 Å². The molecule has 0 aliphatic carbocycles. The van der Waals surface area contributed by atoms with Crippen LogP contribution >= 0.6 is 0 Å². The number of aromatic amines is 1. The number of hydrogen-bond acceptors (Lipinski definition) is 2. The molecule has 2 aromatic rings. The Kier molecular flexibility index (Phi) is 2.08. The topological polar surface area (TPSA) is 50.7 Å². The molecule has 0 unspecified atom stereocenters. The van der Waals surface area contributed by atoms with Gasteiger partial charge in [0.25, 0.3) is 5.56 Å². The molecular weight excluding hydrogens is 223 g/mol. The number of hydrogen-bond donors (Lipinski definition) is 1. The molecule has 0 amide bonds. The number of aryl methyl sites for hydroxylation is 2. The third-order valence-electron chi connectivity index (χ3n) is 2.25. The van der Waals surface area contributed by atoms with Crippen molar-refractivity contribution in [3.63, 3.8) is 0 Å². The Balaban J connectivity index is 2.95. The standard InChI is InChI=1S/C9H8F3N3O/c1-4-13-7-6(8(16)14-4)5(3-15(7)2)9(10,11)12/h3H,1-2H3,(H,13,14,16). The Morgan fingerprint density at radius 1 is 1.44 bits per heavy atom. The van der Waals surface area contributed by atoms with Crippen molar-refractivity contribution in [1.82, 2.24) is 14.5 Å². The highest BCUT2D eigenvalue weighted by atomic mass is 19.4. The molecule has 2 rings (SSSR count). The zero-order valence-electron chi connectivity index (χ0n) is 8.51. The third-order valence-corrected chi connectivity index (χ3v) is 2.25. The van der Waals surface area contributed by atoms with Gasteiger partial charge in [-0.15, -0.1) is 0 Å². The molecule has 0 aliphatic rings. The summed E-state index contributed by atoms with van der Waals surface area (Å²) in [6.45, 7) is 1.51. The molecule has 2 heterocycles. The van der Waals surface area contributed by atoms with E-state index in [1.165, 1.54) is 18.5 Å². The van der Waals surface area contributed by atoms with Gasteiger partial charge in [0.1, 0.15) is 11.5 Å². The van der Waals surface area contributed by atoms with Crippen LogP contribution in [-0.2, 0) is 13.2 Å². The zero-order valence-corrected chi connectivity index (χ0v) is 8.51. The molecule has 0 bridgehead atoms. The van der Waals surface area contributed by atoms with E-state index in [0.29, 0.717) is 0 Å². The molecule has 0 atom stereocenters. The molecule has 0 aliphatic heterocycles. The number of H-pyrrole nitrogens is 1. The molecule has 0 spiro atoms. The minimum Gasteiger partial charge on any atom is -0.335 e. The van der Waals surface area contributed by atoms with Crippen molar-refractivity contribution in [3.05, 3.63) is 27.9 Å². The smallest absolute Gasteiger partial charge is 0.335 e. The SMILES string of the molecule is Cc1nc2c(c(C(F)(F)F)cn2C)c(=O)[nH]1. The molecule has 16 heavy (non-hydrogen) atoms. The van der Waals surface area contributed by atoms with Gasteiger partial charge in [-0.1, -0.05) is 0 Å². The number of halogens is 3. The van der Waals surface area contributed by atoms with E-state index in [4.69, 9.17) is 0 Å². The van der Waals surface area contributed by atoms with E-state index in [0.717, 1.165) is 6.20 Å². The minimum absolute atomic E-state index is 0.0357. The summed E-state index contributed by atoms with van der Waals surface area (Å²) in [5, 5.41) is -0.416. The first-order valence-corrected chi connectivity index (χ1v) is 4.44. The number of nitrogens with zero attached hydrogens (tertiary/aromatic N) is 2. The second-order valence-corrected chi connectivity index (χ2v) is 3.50. The predicted molar refractivity (Wildman–Crippen MR) is 51.1 cm³/mol. The van der Waals surface area contributed by atoms with Gasteiger partial charge in [0.05, 0.1) is 10.9 Å². The molecule has 4 nitrogen and oxygen atoms in total. The molecule has 0 saturated carbocycles. The highest BCUT2D eigenvalue weighted by Crippen LogP contribution is 2.33. The monoisotopic (exact) mass is 231 g/mol. The molecule has 0 saturated heterocycles. The van der Waals surface area contributed by atoms with E-state index < -0.39 is 22.7 Å². The summed E-state index contributed by atoms with van der Waals surface area (Å²) in [5.41, 5.74) is -1.69. The summed E-state index contributed by atoms with van der Waals surface area (Å²) in [5.74, 6) is 0.285. The molecule has 0 radical (unpaired) electrons. The van der Waals surface area contributed by atoms with Gasteiger partial charge in [-0.05, 0) is 6.92 Å². The van der Waals surface area contributed by atoms with Gasteiger partial charge in [-0.3, -0.25) is 4.79 Å². The highest BCUT2D eigenvalue weighted by molar-refractivity contribution is 5.80. The van der Waals surface area contributed by atoms with Crippen LogP contribution in [0.1, 0.15) is 11.4 Å².